The fourth-order valence-corrected chi connectivity index (χ4v) is 4.58. The molecule has 3 aromatic carbocycles. The molecule has 1 saturated heterocycles. The van der Waals surface area contributed by atoms with Crippen molar-refractivity contribution in [3.63, 3.8) is 0 Å². The molecule has 0 saturated carbocycles. The van der Waals surface area contributed by atoms with Gasteiger partial charge in [-0.3, -0.25) is 9.80 Å². The molecule has 0 aliphatic carbocycles. The van der Waals surface area contributed by atoms with E-state index in [1.54, 1.807) is 29.3 Å². The van der Waals surface area contributed by atoms with Crippen molar-refractivity contribution in [1.82, 2.24) is 5.32 Å². The third-order valence-electron chi connectivity index (χ3n) is 6.35. The molecule has 1 fully saturated rings. The molecule has 1 atom stereocenters. The van der Waals surface area contributed by atoms with Crippen LogP contribution < -0.4 is 15.2 Å². The molecule has 0 bridgehead atoms. The summed E-state index contributed by atoms with van der Waals surface area (Å²) in [6, 6.07) is 15.2. The Kier molecular flexibility index (Phi) is 6.25. The third kappa shape index (κ3) is 4.16. The zero-order valence-corrected chi connectivity index (χ0v) is 18.6. The summed E-state index contributed by atoms with van der Waals surface area (Å²) in [6.45, 7) is 1.36. The van der Waals surface area contributed by atoms with Crippen LogP contribution in [0.5, 0.6) is 0 Å². The highest BCUT2D eigenvalue weighted by atomic mass is 19.2. The zero-order valence-electron chi connectivity index (χ0n) is 18.6. The second-order valence-corrected chi connectivity index (χ2v) is 8.45. The number of anilines is 2. The molecule has 5 rings (SSSR count). The summed E-state index contributed by atoms with van der Waals surface area (Å²) < 4.78 is 60.8. The number of hydrazone groups is 1. The van der Waals surface area contributed by atoms with Crippen molar-refractivity contribution >= 4 is 23.4 Å². The Morgan fingerprint density at radius 2 is 1.49 bits per heavy atom. The van der Waals surface area contributed by atoms with Crippen LogP contribution in [0.25, 0.3) is 0 Å². The Hall–Kier alpha value is -3.72. The highest BCUT2D eigenvalue weighted by Crippen LogP contribution is 2.39. The van der Waals surface area contributed by atoms with E-state index in [9.17, 15) is 4.79 Å². The largest absolute Gasteiger partial charge is 0.364 e. The second-order valence-electron chi connectivity index (χ2n) is 8.45. The number of nitrogens with one attached hydrogen (secondary N) is 1. The smallest absolute Gasteiger partial charge is 0.186 e. The van der Waals surface area contributed by atoms with E-state index >= 15 is 17.6 Å². The SMILES string of the molecule is O=Cc1ccc(N2N=C(c3c(F)c(F)c(N4CCNCC4)c(F)c3F)CC2c2ccccc2)cc1. The topological polar surface area (TPSA) is 47.9 Å². The van der Waals surface area contributed by atoms with Gasteiger partial charge in [-0.1, -0.05) is 30.3 Å². The monoisotopic (exact) mass is 482 g/mol. The number of aldehydes is 1. The molecule has 180 valence electrons. The minimum Gasteiger partial charge on any atom is -0.364 e. The Labute approximate surface area is 199 Å². The Morgan fingerprint density at radius 1 is 0.857 bits per heavy atom. The molecule has 1 N–H and O–H groups in total. The Balaban J connectivity index is 1.60. The average molecular weight is 482 g/mol. The van der Waals surface area contributed by atoms with Gasteiger partial charge in [0, 0.05) is 38.2 Å². The van der Waals surface area contributed by atoms with Crippen molar-refractivity contribution in [2.75, 3.05) is 36.1 Å². The number of rotatable bonds is 5. The molecular weight excluding hydrogens is 460 g/mol. The molecule has 35 heavy (non-hydrogen) atoms. The molecule has 3 aromatic rings. The Bertz CT molecular complexity index is 1250. The molecule has 0 spiro atoms. The predicted molar refractivity (Wildman–Crippen MR) is 126 cm³/mol. The third-order valence-corrected chi connectivity index (χ3v) is 6.35. The van der Waals surface area contributed by atoms with Crippen molar-refractivity contribution < 1.29 is 22.4 Å². The van der Waals surface area contributed by atoms with Crippen molar-refractivity contribution in [2.45, 2.75) is 12.5 Å². The molecule has 0 amide bonds. The van der Waals surface area contributed by atoms with Gasteiger partial charge >= 0.3 is 0 Å². The zero-order chi connectivity index (χ0) is 24.5. The number of benzene rings is 3. The minimum absolute atomic E-state index is 0.0269. The molecule has 1 unspecified atom stereocenters. The first-order chi connectivity index (χ1) is 17.0. The van der Waals surface area contributed by atoms with Crippen LogP contribution >= 0.6 is 0 Å². The van der Waals surface area contributed by atoms with Gasteiger partial charge < -0.3 is 10.2 Å². The molecule has 0 aromatic heterocycles. The normalized spacial score (nSPS) is 18.1. The van der Waals surface area contributed by atoms with E-state index in [0.717, 1.165) is 5.56 Å². The number of piperazine rings is 1. The van der Waals surface area contributed by atoms with Gasteiger partial charge in [0.25, 0.3) is 0 Å². The van der Waals surface area contributed by atoms with Crippen molar-refractivity contribution in [3.8, 4) is 0 Å². The van der Waals surface area contributed by atoms with Crippen LogP contribution in [0.4, 0.5) is 28.9 Å². The first-order valence-electron chi connectivity index (χ1n) is 11.3. The summed E-state index contributed by atoms with van der Waals surface area (Å²) in [4.78, 5) is 12.3. The summed E-state index contributed by atoms with van der Waals surface area (Å²) in [7, 11) is 0. The number of hydrogen-bond donors (Lipinski definition) is 1. The van der Waals surface area contributed by atoms with Crippen LogP contribution in [0, 0.1) is 23.3 Å². The molecule has 2 aliphatic rings. The lowest BCUT2D eigenvalue weighted by molar-refractivity contribution is 0.112. The summed E-state index contributed by atoms with van der Waals surface area (Å²) in [6.07, 6.45) is 0.729. The van der Waals surface area contributed by atoms with E-state index in [-0.39, 0.29) is 25.2 Å². The lowest BCUT2D eigenvalue weighted by Crippen LogP contribution is -2.44. The summed E-state index contributed by atoms with van der Waals surface area (Å²) in [5.74, 6) is -5.76. The van der Waals surface area contributed by atoms with Gasteiger partial charge in [-0.15, -0.1) is 0 Å². The first kappa shape index (κ1) is 23.0. The quantitative estimate of drug-likeness (QED) is 0.322. The molecule has 9 heteroatoms. The number of carbonyl (C=O) groups is 1. The summed E-state index contributed by atoms with van der Waals surface area (Å²) in [5, 5.41) is 9.01. The van der Waals surface area contributed by atoms with E-state index in [0.29, 0.717) is 30.6 Å². The molecular formula is C26H22F4N4O. The van der Waals surface area contributed by atoms with Crippen LogP contribution in [-0.2, 0) is 0 Å². The number of hydrogen-bond acceptors (Lipinski definition) is 5. The molecule has 2 heterocycles. The predicted octanol–water partition coefficient (Wildman–Crippen LogP) is 4.82. The number of carbonyl (C=O) groups excluding carboxylic acids is 1. The van der Waals surface area contributed by atoms with Gasteiger partial charge in [-0.25, -0.2) is 17.6 Å². The van der Waals surface area contributed by atoms with Gasteiger partial charge in [0.1, 0.15) is 12.0 Å². The lowest BCUT2D eigenvalue weighted by Gasteiger charge is -2.30. The van der Waals surface area contributed by atoms with E-state index in [2.05, 4.69) is 10.4 Å². The van der Waals surface area contributed by atoms with Crippen molar-refractivity contribution in [2.24, 2.45) is 5.10 Å². The molecule has 2 aliphatic heterocycles. The van der Waals surface area contributed by atoms with Gasteiger partial charge in [0.05, 0.1) is 23.0 Å². The first-order valence-corrected chi connectivity index (χ1v) is 11.3. The van der Waals surface area contributed by atoms with Crippen LogP contribution in [-0.4, -0.2) is 38.2 Å². The van der Waals surface area contributed by atoms with Crippen LogP contribution in [0.1, 0.15) is 33.9 Å². The van der Waals surface area contributed by atoms with E-state index in [1.165, 1.54) is 4.90 Å². The maximum absolute atomic E-state index is 15.3. The van der Waals surface area contributed by atoms with Crippen molar-refractivity contribution in [1.29, 1.82) is 0 Å². The number of nitrogens with zero attached hydrogens (tertiary/aromatic N) is 3. The molecule has 5 nitrogen and oxygen atoms in total. The van der Waals surface area contributed by atoms with Gasteiger partial charge in [-0.05, 0) is 29.8 Å². The second kappa shape index (κ2) is 9.50. The number of halogens is 4. The Morgan fingerprint density at radius 3 is 2.09 bits per heavy atom. The molecule has 0 radical (unpaired) electrons. The summed E-state index contributed by atoms with van der Waals surface area (Å²) >= 11 is 0. The van der Waals surface area contributed by atoms with Crippen LogP contribution in [0.3, 0.4) is 0 Å². The average Bonchev–Trinajstić information content (AvgIpc) is 3.34. The van der Waals surface area contributed by atoms with Crippen LogP contribution in [0.15, 0.2) is 59.7 Å². The van der Waals surface area contributed by atoms with Crippen molar-refractivity contribution in [3.05, 3.63) is 94.6 Å². The van der Waals surface area contributed by atoms with Gasteiger partial charge in [-0.2, -0.15) is 5.10 Å². The summed E-state index contributed by atoms with van der Waals surface area (Å²) in [5.41, 5.74) is 0.247. The fourth-order valence-electron chi connectivity index (χ4n) is 4.58. The maximum Gasteiger partial charge on any atom is 0.186 e. The highest BCUT2D eigenvalue weighted by Gasteiger charge is 2.36. The van der Waals surface area contributed by atoms with E-state index in [1.807, 2.05) is 30.3 Å². The van der Waals surface area contributed by atoms with Gasteiger partial charge in [0.2, 0.25) is 0 Å². The van der Waals surface area contributed by atoms with Crippen LogP contribution in [0.2, 0.25) is 0 Å². The highest BCUT2D eigenvalue weighted by molar-refractivity contribution is 6.04. The van der Waals surface area contributed by atoms with E-state index in [4.69, 9.17) is 0 Å². The maximum atomic E-state index is 15.3. The lowest BCUT2D eigenvalue weighted by atomic mass is 9.96. The van der Waals surface area contributed by atoms with E-state index < -0.39 is 40.6 Å². The fraction of sp³-hybridized carbons (Fsp3) is 0.231. The minimum atomic E-state index is -1.46. The standard InChI is InChI=1S/C26H22F4N4O/c27-22-21(23(28)25(30)26(24(22)29)33-12-10-31-11-13-33)19-14-20(17-4-2-1-3-5-17)34(32-19)18-8-6-16(15-35)7-9-18/h1-9,15,20,31H,10-14H2. The van der Waals surface area contributed by atoms with Gasteiger partial charge in [0.15, 0.2) is 23.3 Å².